The number of hydrogen-bond donors (Lipinski definition) is 1. The minimum atomic E-state index is -0.941. The van der Waals surface area contributed by atoms with Crippen molar-refractivity contribution in [2.75, 3.05) is 31.1 Å². The number of piperazine rings is 1. The lowest BCUT2D eigenvalue weighted by molar-refractivity contribution is -0.141. The Morgan fingerprint density at radius 1 is 1.19 bits per heavy atom. The zero-order chi connectivity index (χ0) is 19.4. The van der Waals surface area contributed by atoms with Crippen LogP contribution in [0.25, 0.3) is 11.3 Å². The van der Waals surface area contributed by atoms with Crippen LogP contribution < -0.4 is 4.90 Å². The first-order valence-corrected chi connectivity index (χ1v) is 9.24. The lowest BCUT2D eigenvalue weighted by Gasteiger charge is -2.36. The molecule has 1 atom stereocenters. The fourth-order valence-electron chi connectivity index (χ4n) is 3.25. The highest BCUT2D eigenvalue weighted by Crippen LogP contribution is 2.24. The fraction of sp³-hybridized carbons (Fsp3) is 0.450. The molecule has 0 unspecified atom stereocenters. The molecule has 1 aromatic heterocycles. The number of aliphatic hydroxyl groups excluding tert-OH is 1. The first-order valence-electron chi connectivity index (χ1n) is 9.24. The summed E-state index contributed by atoms with van der Waals surface area (Å²) in [5.41, 5.74) is 0.968. The van der Waals surface area contributed by atoms with Crippen LogP contribution in [-0.2, 0) is 4.79 Å². The molecule has 144 valence electrons. The van der Waals surface area contributed by atoms with Gasteiger partial charge >= 0.3 is 0 Å². The molecular weight excluding hydrogens is 347 g/mol. The molecule has 1 aliphatic rings. The first kappa shape index (κ1) is 19.2. The third-order valence-corrected chi connectivity index (χ3v) is 4.70. The number of carbonyl (C=O) groups excluding carboxylic acids is 1. The standard InChI is InChI=1S/C20H25FN4O2/c1-14(2)11-18(26)20(27)25-9-7-24(8-10-25)19-12-17(22-13-23-19)15-5-3-4-6-16(15)21/h3-6,12-14,18,26H,7-11H2,1-2H3/t18-/m1/s1. The molecule has 0 aliphatic carbocycles. The summed E-state index contributed by atoms with van der Waals surface area (Å²) < 4.78 is 14.0. The molecule has 7 heteroatoms. The van der Waals surface area contributed by atoms with Gasteiger partial charge in [-0.3, -0.25) is 4.79 Å². The van der Waals surface area contributed by atoms with Crippen LogP contribution in [-0.4, -0.2) is 58.2 Å². The van der Waals surface area contributed by atoms with Crippen molar-refractivity contribution >= 4 is 11.7 Å². The van der Waals surface area contributed by atoms with Crippen LogP contribution in [0, 0.1) is 11.7 Å². The molecule has 1 amide bonds. The van der Waals surface area contributed by atoms with E-state index in [1.165, 1.54) is 12.4 Å². The summed E-state index contributed by atoms with van der Waals surface area (Å²) in [6, 6.07) is 8.28. The van der Waals surface area contributed by atoms with Gasteiger partial charge in [0.1, 0.15) is 24.1 Å². The van der Waals surface area contributed by atoms with Crippen molar-refractivity contribution in [2.45, 2.75) is 26.4 Å². The highest BCUT2D eigenvalue weighted by molar-refractivity contribution is 5.81. The first-order chi connectivity index (χ1) is 13.0. The van der Waals surface area contributed by atoms with Crippen molar-refractivity contribution in [3.63, 3.8) is 0 Å². The summed E-state index contributed by atoms with van der Waals surface area (Å²) in [4.78, 5) is 24.6. The highest BCUT2D eigenvalue weighted by atomic mass is 19.1. The number of anilines is 1. The van der Waals surface area contributed by atoms with Crippen molar-refractivity contribution in [1.29, 1.82) is 0 Å². The zero-order valence-corrected chi connectivity index (χ0v) is 15.7. The van der Waals surface area contributed by atoms with Crippen LogP contribution in [0.3, 0.4) is 0 Å². The third-order valence-electron chi connectivity index (χ3n) is 4.70. The second kappa shape index (κ2) is 8.43. The zero-order valence-electron chi connectivity index (χ0n) is 15.7. The summed E-state index contributed by atoms with van der Waals surface area (Å²) in [6.07, 6.45) is 0.959. The molecule has 1 saturated heterocycles. The maximum Gasteiger partial charge on any atom is 0.251 e. The van der Waals surface area contributed by atoms with Gasteiger partial charge in [0.15, 0.2) is 0 Å². The molecule has 1 aromatic carbocycles. The van der Waals surface area contributed by atoms with E-state index >= 15 is 0 Å². The summed E-state index contributed by atoms with van der Waals surface area (Å²) >= 11 is 0. The van der Waals surface area contributed by atoms with Gasteiger partial charge in [-0.2, -0.15) is 0 Å². The predicted molar refractivity (Wildman–Crippen MR) is 102 cm³/mol. The normalized spacial score (nSPS) is 15.9. The maximum absolute atomic E-state index is 14.0. The minimum Gasteiger partial charge on any atom is -0.383 e. The van der Waals surface area contributed by atoms with Crippen LogP contribution in [0.15, 0.2) is 36.7 Å². The van der Waals surface area contributed by atoms with Crippen molar-refractivity contribution < 1.29 is 14.3 Å². The smallest absolute Gasteiger partial charge is 0.251 e. The summed E-state index contributed by atoms with van der Waals surface area (Å²) in [5, 5.41) is 10.1. The molecule has 0 bridgehead atoms. The number of carbonyl (C=O) groups is 1. The second-order valence-corrected chi connectivity index (χ2v) is 7.20. The van der Waals surface area contributed by atoms with Crippen LogP contribution in [0.4, 0.5) is 10.2 Å². The SMILES string of the molecule is CC(C)C[C@@H](O)C(=O)N1CCN(c2cc(-c3ccccc3F)ncn2)CC1. The van der Waals surface area contributed by atoms with Crippen molar-refractivity contribution in [3.05, 3.63) is 42.5 Å². The van der Waals surface area contributed by atoms with E-state index in [0.29, 0.717) is 49.7 Å². The van der Waals surface area contributed by atoms with Gasteiger partial charge in [-0.25, -0.2) is 14.4 Å². The van der Waals surface area contributed by atoms with E-state index in [2.05, 4.69) is 9.97 Å². The van der Waals surface area contributed by atoms with Crippen LogP contribution in [0.1, 0.15) is 20.3 Å². The number of hydrogen-bond acceptors (Lipinski definition) is 5. The van der Waals surface area contributed by atoms with Gasteiger partial charge in [0.2, 0.25) is 0 Å². The Bertz CT molecular complexity index is 791. The number of benzene rings is 1. The molecule has 2 heterocycles. The van der Waals surface area contributed by atoms with Crippen molar-refractivity contribution in [1.82, 2.24) is 14.9 Å². The summed E-state index contributed by atoms with van der Waals surface area (Å²) in [7, 11) is 0. The molecule has 1 fully saturated rings. The number of rotatable bonds is 5. The fourth-order valence-corrected chi connectivity index (χ4v) is 3.25. The van der Waals surface area contributed by atoms with Gasteiger partial charge in [0, 0.05) is 37.8 Å². The molecule has 27 heavy (non-hydrogen) atoms. The number of amides is 1. The predicted octanol–water partition coefficient (Wildman–Crippen LogP) is 2.34. The summed E-state index contributed by atoms with van der Waals surface area (Å²) in [6.45, 7) is 6.22. The van der Waals surface area contributed by atoms with Gasteiger partial charge in [-0.05, 0) is 24.5 Å². The average molecular weight is 372 g/mol. The Labute approximate surface area is 158 Å². The van der Waals surface area contributed by atoms with E-state index in [1.54, 1.807) is 29.2 Å². The summed E-state index contributed by atoms with van der Waals surface area (Å²) in [5.74, 6) is 0.441. The van der Waals surface area contributed by atoms with Gasteiger partial charge in [0.05, 0.1) is 5.69 Å². The lowest BCUT2D eigenvalue weighted by Crippen LogP contribution is -2.51. The van der Waals surface area contributed by atoms with Crippen LogP contribution in [0.5, 0.6) is 0 Å². The van der Waals surface area contributed by atoms with E-state index in [9.17, 15) is 14.3 Å². The van der Waals surface area contributed by atoms with Gasteiger partial charge in [0.25, 0.3) is 5.91 Å². The maximum atomic E-state index is 14.0. The number of nitrogens with zero attached hydrogens (tertiary/aromatic N) is 4. The Kier molecular flexibility index (Phi) is 6.01. The third kappa shape index (κ3) is 4.60. The Morgan fingerprint density at radius 3 is 2.56 bits per heavy atom. The monoisotopic (exact) mass is 372 g/mol. The molecule has 0 spiro atoms. The van der Waals surface area contributed by atoms with E-state index in [-0.39, 0.29) is 17.6 Å². The Balaban J connectivity index is 1.66. The minimum absolute atomic E-state index is 0.210. The molecule has 6 nitrogen and oxygen atoms in total. The molecule has 1 N–H and O–H groups in total. The Morgan fingerprint density at radius 2 is 1.89 bits per heavy atom. The van der Waals surface area contributed by atoms with E-state index < -0.39 is 6.10 Å². The average Bonchev–Trinajstić information content (AvgIpc) is 2.67. The molecule has 0 saturated carbocycles. The van der Waals surface area contributed by atoms with E-state index in [1.807, 2.05) is 18.7 Å². The quantitative estimate of drug-likeness (QED) is 0.872. The van der Waals surface area contributed by atoms with Gasteiger partial charge in [-0.15, -0.1) is 0 Å². The number of aromatic nitrogens is 2. The van der Waals surface area contributed by atoms with Crippen molar-refractivity contribution in [3.8, 4) is 11.3 Å². The molecule has 2 aromatic rings. The van der Waals surface area contributed by atoms with Crippen molar-refractivity contribution in [2.24, 2.45) is 5.92 Å². The largest absolute Gasteiger partial charge is 0.383 e. The van der Waals surface area contributed by atoms with E-state index in [4.69, 9.17) is 0 Å². The van der Waals surface area contributed by atoms with Crippen LogP contribution in [0.2, 0.25) is 0 Å². The molecule has 1 aliphatic heterocycles. The van der Waals surface area contributed by atoms with Crippen LogP contribution >= 0.6 is 0 Å². The molecular formula is C20H25FN4O2. The highest BCUT2D eigenvalue weighted by Gasteiger charge is 2.27. The topological polar surface area (TPSA) is 69.6 Å². The Hall–Kier alpha value is -2.54. The second-order valence-electron chi connectivity index (χ2n) is 7.20. The van der Waals surface area contributed by atoms with Gasteiger partial charge in [-0.1, -0.05) is 26.0 Å². The molecule has 0 radical (unpaired) electrons. The van der Waals surface area contributed by atoms with E-state index in [0.717, 1.165) is 0 Å². The lowest BCUT2D eigenvalue weighted by atomic mass is 10.0. The number of halogens is 1. The number of aliphatic hydroxyl groups is 1. The van der Waals surface area contributed by atoms with Gasteiger partial charge < -0.3 is 14.9 Å². The molecule has 3 rings (SSSR count).